The van der Waals surface area contributed by atoms with E-state index in [1.54, 1.807) is 4.99 Å². The van der Waals surface area contributed by atoms with E-state index in [1.807, 2.05) is 6.92 Å². The molecule has 0 rings (SSSR count). The molecule has 0 nitrogen and oxygen atoms in total. The number of hydrogen-bond donors (Lipinski definition) is 0. The highest BCUT2D eigenvalue weighted by molar-refractivity contribution is 9.12. The van der Waals surface area contributed by atoms with Crippen molar-refractivity contribution in [2.45, 2.75) is 6.92 Å². The molecule has 0 aliphatic carbocycles. The maximum Gasteiger partial charge on any atom is 0.0343 e. The van der Waals surface area contributed by atoms with Crippen LogP contribution >= 0.6 is 31.9 Å². The van der Waals surface area contributed by atoms with Crippen molar-refractivity contribution in [1.29, 1.82) is 0 Å². The Bertz CT molecular complexity index is 83.7. The lowest BCUT2D eigenvalue weighted by molar-refractivity contribution is 1.73. The molecule has 0 saturated carbocycles. The topological polar surface area (TPSA) is 0 Å². The highest BCUT2D eigenvalue weighted by Crippen LogP contribution is 1.98. The van der Waals surface area contributed by atoms with Crippen LogP contribution in [0.3, 0.4) is 0 Å². The van der Waals surface area contributed by atoms with Crippen LogP contribution in [0.25, 0.3) is 0 Å². The van der Waals surface area contributed by atoms with E-state index in [4.69, 9.17) is 0 Å². The Hall–Kier alpha value is 0.480. The molecule has 0 fully saturated rings. The van der Waals surface area contributed by atoms with Crippen LogP contribution in [0.2, 0.25) is 0 Å². The fourth-order valence-electron chi connectivity index (χ4n) is 0.0752. The van der Waals surface area contributed by atoms with Gasteiger partial charge in [0.1, 0.15) is 0 Å². The van der Waals surface area contributed by atoms with Crippen molar-refractivity contribution in [3.05, 3.63) is 15.2 Å². The molecule has 0 aliphatic heterocycles. The Labute approximate surface area is 54.2 Å². The maximum absolute atomic E-state index is 3.18. The van der Waals surface area contributed by atoms with Gasteiger partial charge in [-0.3, -0.25) is 0 Å². The zero-order chi connectivity index (χ0) is 4.99. The molecule has 2 heteroatoms. The van der Waals surface area contributed by atoms with Gasteiger partial charge in [0.25, 0.3) is 0 Å². The Morgan fingerprint density at radius 2 is 2.33 bits per heavy atom. The average molecular weight is 212 g/mol. The molecule has 0 amide bonds. The van der Waals surface area contributed by atoms with Crippen LogP contribution in [0.15, 0.2) is 15.2 Å². The summed E-state index contributed by atoms with van der Waals surface area (Å²) in [4.78, 5) is 1.68. The quantitative estimate of drug-likeness (QED) is 0.541. The Morgan fingerprint density at radius 1 is 1.83 bits per heavy atom. The molecule has 0 heterocycles. The zero-order valence-corrected chi connectivity index (χ0v) is 6.51. The molecule has 0 aliphatic rings. The summed E-state index contributed by atoms with van der Waals surface area (Å²) in [6.07, 6.45) is 0. The molecule has 0 bridgehead atoms. The van der Waals surface area contributed by atoms with E-state index in [-0.39, 0.29) is 0 Å². The van der Waals surface area contributed by atoms with Crippen molar-refractivity contribution in [2.24, 2.45) is 0 Å². The minimum absolute atomic E-state index is 0.999. The second-order valence-electron chi connectivity index (χ2n) is 0.787. The van der Waals surface area contributed by atoms with Crippen LogP contribution in [0.4, 0.5) is 0 Å². The maximum atomic E-state index is 3.18. The van der Waals surface area contributed by atoms with Crippen LogP contribution in [-0.4, -0.2) is 0 Å². The van der Waals surface area contributed by atoms with Gasteiger partial charge in [-0.05, 0) is 22.9 Å². The second-order valence-corrected chi connectivity index (χ2v) is 2.43. The molecule has 0 atom stereocenters. The number of hydrogen-bond acceptors (Lipinski definition) is 0. The van der Waals surface area contributed by atoms with Crippen LogP contribution in [0.1, 0.15) is 6.92 Å². The second kappa shape index (κ2) is 3.66. The standard InChI is InChI=1S/C4H4Br2/c1-4(6)2-3-5/h3H,1H3. The fraction of sp³-hybridized carbons (Fsp3) is 0.250. The van der Waals surface area contributed by atoms with Gasteiger partial charge in [0.2, 0.25) is 0 Å². The normalized spacial score (nSPS) is 6.50. The summed E-state index contributed by atoms with van der Waals surface area (Å²) in [6, 6.07) is 0. The summed E-state index contributed by atoms with van der Waals surface area (Å²) in [5, 5.41) is 0. The molecule has 0 aromatic rings. The lowest BCUT2D eigenvalue weighted by Gasteiger charge is -1.66. The van der Waals surface area contributed by atoms with E-state index in [0.29, 0.717) is 0 Å². The number of halogens is 2. The van der Waals surface area contributed by atoms with Gasteiger partial charge in [0.15, 0.2) is 0 Å². The molecule has 0 aromatic carbocycles. The summed E-state index contributed by atoms with van der Waals surface area (Å²) in [7, 11) is 0. The molecule has 0 radical (unpaired) electrons. The molecule has 34 valence electrons. The SMILES string of the molecule is CC(Br)=C=CBr. The van der Waals surface area contributed by atoms with Gasteiger partial charge >= 0.3 is 0 Å². The number of allylic oxidation sites excluding steroid dienone is 1. The van der Waals surface area contributed by atoms with Crippen molar-refractivity contribution in [3.8, 4) is 0 Å². The van der Waals surface area contributed by atoms with Gasteiger partial charge in [-0.15, -0.1) is 5.73 Å². The summed E-state index contributed by atoms with van der Waals surface area (Å²) < 4.78 is 0.999. The van der Waals surface area contributed by atoms with E-state index >= 15 is 0 Å². The average Bonchev–Trinajstić information content (AvgIpc) is 1.35. The molecule has 0 N–H and O–H groups in total. The van der Waals surface area contributed by atoms with Crippen LogP contribution < -0.4 is 0 Å². The third-order valence-electron chi connectivity index (χ3n) is 0.253. The Kier molecular flexibility index (Phi) is 3.96. The largest absolute Gasteiger partial charge is 0.103 e. The molecule has 0 unspecified atom stereocenters. The van der Waals surface area contributed by atoms with Gasteiger partial charge in [0, 0.05) is 9.47 Å². The molecule has 6 heavy (non-hydrogen) atoms. The van der Waals surface area contributed by atoms with Gasteiger partial charge in [-0.1, -0.05) is 15.9 Å². The lowest BCUT2D eigenvalue weighted by Crippen LogP contribution is -1.39. The van der Waals surface area contributed by atoms with Gasteiger partial charge < -0.3 is 0 Å². The van der Waals surface area contributed by atoms with Gasteiger partial charge in [0.05, 0.1) is 0 Å². The summed E-state index contributed by atoms with van der Waals surface area (Å²) >= 11 is 6.24. The first-order valence-corrected chi connectivity index (χ1v) is 3.15. The molecule has 0 saturated heterocycles. The minimum Gasteiger partial charge on any atom is -0.103 e. The number of rotatable bonds is 0. The molecular formula is C4H4Br2. The highest BCUT2D eigenvalue weighted by atomic mass is 79.9. The van der Waals surface area contributed by atoms with E-state index in [0.717, 1.165) is 4.48 Å². The van der Waals surface area contributed by atoms with E-state index in [9.17, 15) is 0 Å². The van der Waals surface area contributed by atoms with Gasteiger partial charge in [-0.2, -0.15) is 0 Å². The van der Waals surface area contributed by atoms with E-state index in [1.165, 1.54) is 0 Å². The Balaban J connectivity index is 3.73. The predicted octanol–water partition coefficient (Wildman–Crippen LogP) is 2.79. The fourth-order valence-corrected chi connectivity index (χ4v) is 0.840. The third kappa shape index (κ3) is 4.48. The van der Waals surface area contributed by atoms with Crippen molar-refractivity contribution in [3.63, 3.8) is 0 Å². The van der Waals surface area contributed by atoms with Crippen LogP contribution in [0.5, 0.6) is 0 Å². The first-order valence-electron chi connectivity index (χ1n) is 1.45. The molecule has 0 spiro atoms. The van der Waals surface area contributed by atoms with Crippen molar-refractivity contribution in [1.82, 2.24) is 0 Å². The van der Waals surface area contributed by atoms with Crippen molar-refractivity contribution in [2.75, 3.05) is 0 Å². The van der Waals surface area contributed by atoms with E-state index < -0.39 is 0 Å². The van der Waals surface area contributed by atoms with Crippen molar-refractivity contribution < 1.29 is 0 Å². The summed E-state index contributed by atoms with van der Waals surface area (Å²) in [6.45, 7) is 1.91. The highest BCUT2D eigenvalue weighted by Gasteiger charge is 1.64. The first kappa shape index (κ1) is 6.48. The summed E-state index contributed by atoms with van der Waals surface area (Å²) in [5.74, 6) is 0. The van der Waals surface area contributed by atoms with Gasteiger partial charge in [-0.25, -0.2) is 0 Å². The summed E-state index contributed by atoms with van der Waals surface area (Å²) in [5.41, 5.74) is 2.83. The van der Waals surface area contributed by atoms with Crippen LogP contribution in [-0.2, 0) is 0 Å². The Morgan fingerprint density at radius 3 is 2.33 bits per heavy atom. The van der Waals surface area contributed by atoms with Crippen molar-refractivity contribution >= 4 is 31.9 Å². The minimum atomic E-state index is 0.999. The third-order valence-corrected chi connectivity index (χ3v) is 0.711. The smallest absolute Gasteiger partial charge is 0.0343 e. The lowest BCUT2D eigenvalue weighted by atomic mass is 10.7. The first-order chi connectivity index (χ1) is 2.77. The van der Waals surface area contributed by atoms with Crippen LogP contribution in [0, 0.1) is 0 Å². The zero-order valence-electron chi connectivity index (χ0n) is 3.33. The predicted molar refractivity (Wildman–Crippen MR) is 35.1 cm³/mol. The monoisotopic (exact) mass is 210 g/mol. The van der Waals surface area contributed by atoms with E-state index in [2.05, 4.69) is 37.6 Å². The molecule has 0 aromatic heterocycles. The molecular weight excluding hydrogens is 208 g/mol.